The average molecular weight is 312 g/mol. The van der Waals surface area contributed by atoms with Crippen LogP contribution >= 0.6 is 11.6 Å². The van der Waals surface area contributed by atoms with E-state index < -0.39 is 4.92 Å². The Morgan fingerprint density at radius 1 is 1.52 bits per heavy atom. The van der Waals surface area contributed by atoms with Gasteiger partial charge < -0.3 is 10.2 Å². The van der Waals surface area contributed by atoms with Crippen LogP contribution in [-0.2, 0) is 0 Å². The van der Waals surface area contributed by atoms with Gasteiger partial charge in [0.25, 0.3) is 11.6 Å². The number of likely N-dealkylation sites (tertiary alicyclic amines) is 1. The number of hydrogen-bond donors (Lipinski definition) is 1. The molecule has 0 bridgehead atoms. The van der Waals surface area contributed by atoms with Gasteiger partial charge in [0.05, 0.1) is 10.5 Å². The van der Waals surface area contributed by atoms with Gasteiger partial charge in [-0.15, -0.1) is 0 Å². The molecule has 1 heterocycles. The Labute approximate surface area is 128 Å². The molecule has 114 valence electrons. The zero-order chi connectivity index (χ0) is 15.4. The van der Waals surface area contributed by atoms with Crippen molar-refractivity contribution in [3.63, 3.8) is 0 Å². The molecule has 1 aromatic rings. The number of carbonyl (C=O) groups excluding carboxylic acids is 1. The van der Waals surface area contributed by atoms with Gasteiger partial charge in [-0.3, -0.25) is 14.9 Å². The van der Waals surface area contributed by atoms with Gasteiger partial charge in [0.15, 0.2) is 0 Å². The summed E-state index contributed by atoms with van der Waals surface area (Å²) in [5.41, 5.74) is -0.108. The highest BCUT2D eigenvalue weighted by Crippen LogP contribution is 2.27. The highest BCUT2D eigenvalue weighted by molar-refractivity contribution is 6.35. The van der Waals surface area contributed by atoms with Gasteiger partial charge in [0.1, 0.15) is 5.02 Å². The lowest BCUT2D eigenvalue weighted by atomic mass is 10.0. The van der Waals surface area contributed by atoms with Crippen LogP contribution in [0.25, 0.3) is 0 Å². The van der Waals surface area contributed by atoms with Crippen LogP contribution in [-0.4, -0.2) is 41.9 Å². The van der Waals surface area contributed by atoms with Gasteiger partial charge in [0.2, 0.25) is 0 Å². The second-order valence-corrected chi connectivity index (χ2v) is 5.61. The van der Waals surface area contributed by atoms with Crippen molar-refractivity contribution in [3.05, 3.63) is 38.9 Å². The molecule has 2 rings (SSSR count). The highest BCUT2D eigenvalue weighted by atomic mass is 35.5. The van der Waals surface area contributed by atoms with Gasteiger partial charge >= 0.3 is 0 Å². The molecule has 6 nitrogen and oxygen atoms in total. The van der Waals surface area contributed by atoms with Gasteiger partial charge in [-0.1, -0.05) is 24.1 Å². The number of piperidine rings is 1. The lowest BCUT2D eigenvalue weighted by Gasteiger charge is -2.32. The number of nitro groups is 1. The van der Waals surface area contributed by atoms with E-state index in [1.807, 2.05) is 7.05 Å². The van der Waals surface area contributed by atoms with E-state index in [9.17, 15) is 14.9 Å². The second kappa shape index (κ2) is 6.87. The molecule has 1 amide bonds. The minimum atomic E-state index is -0.589. The third-order valence-electron chi connectivity index (χ3n) is 3.84. The summed E-state index contributed by atoms with van der Waals surface area (Å²) in [6.07, 6.45) is 3.37. The van der Waals surface area contributed by atoms with Crippen molar-refractivity contribution in [2.24, 2.45) is 0 Å². The van der Waals surface area contributed by atoms with E-state index in [0.29, 0.717) is 12.6 Å². The van der Waals surface area contributed by atoms with Crippen molar-refractivity contribution in [2.45, 2.75) is 25.3 Å². The summed E-state index contributed by atoms with van der Waals surface area (Å²) < 4.78 is 0. The van der Waals surface area contributed by atoms with Crippen LogP contribution in [0.4, 0.5) is 5.69 Å². The van der Waals surface area contributed by atoms with Gasteiger partial charge in [-0.05, 0) is 32.5 Å². The first kappa shape index (κ1) is 15.7. The van der Waals surface area contributed by atoms with E-state index in [0.717, 1.165) is 19.4 Å². The molecule has 1 aliphatic rings. The number of carbonyl (C=O) groups is 1. The number of halogens is 1. The fourth-order valence-corrected chi connectivity index (χ4v) is 2.82. The van der Waals surface area contributed by atoms with Crippen molar-refractivity contribution in [2.75, 3.05) is 20.1 Å². The fourth-order valence-electron chi connectivity index (χ4n) is 2.54. The Morgan fingerprint density at radius 2 is 2.29 bits per heavy atom. The summed E-state index contributed by atoms with van der Waals surface area (Å²) in [6, 6.07) is 4.55. The number of likely N-dealkylation sites (N-methyl/N-ethyl adjacent to an activating group) is 1. The Bertz CT molecular complexity index is 550. The minimum Gasteiger partial charge on any atom is -0.350 e. The molecule has 1 N–H and O–H groups in total. The molecule has 1 aliphatic heterocycles. The van der Waals surface area contributed by atoms with Crippen molar-refractivity contribution >= 4 is 23.2 Å². The van der Waals surface area contributed by atoms with E-state index in [1.165, 1.54) is 24.6 Å². The van der Waals surface area contributed by atoms with Crippen LogP contribution < -0.4 is 5.32 Å². The Kier molecular flexibility index (Phi) is 5.14. The smallest absolute Gasteiger partial charge is 0.288 e. The van der Waals surface area contributed by atoms with Crippen molar-refractivity contribution in [1.82, 2.24) is 10.2 Å². The topological polar surface area (TPSA) is 75.5 Å². The molecule has 0 aromatic heterocycles. The maximum Gasteiger partial charge on any atom is 0.288 e. The minimum absolute atomic E-state index is 0.114. The van der Waals surface area contributed by atoms with Crippen molar-refractivity contribution in [3.8, 4) is 0 Å². The number of nitrogens with zero attached hydrogens (tertiary/aromatic N) is 2. The summed E-state index contributed by atoms with van der Waals surface area (Å²) in [5.74, 6) is -0.373. The van der Waals surface area contributed by atoms with E-state index in [4.69, 9.17) is 11.6 Å². The van der Waals surface area contributed by atoms with E-state index in [2.05, 4.69) is 10.2 Å². The first-order chi connectivity index (χ1) is 10.0. The molecule has 0 spiro atoms. The predicted octanol–water partition coefficient (Wildman–Crippen LogP) is 2.46. The SMILES string of the molecule is CN1CCCCC1CNC(=O)c1cccc([N+](=O)[O-])c1Cl. The van der Waals surface area contributed by atoms with E-state index in [-0.39, 0.29) is 22.2 Å². The average Bonchev–Trinajstić information content (AvgIpc) is 2.46. The molecule has 0 radical (unpaired) electrons. The standard InChI is InChI=1S/C14H18ClN3O3/c1-17-8-3-2-5-10(17)9-16-14(19)11-6-4-7-12(13(11)15)18(20)21/h4,6-7,10H,2-3,5,8-9H2,1H3,(H,16,19). The normalized spacial score (nSPS) is 19.2. The molecule has 1 unspecified atom stereocenters. The zero-order valence-corrected chi connectivity index (χ0v) is 12.6. The van der Waals surface area contributed by atoms with Crippen LogP contribution in [0.1, 0.15) is 29.6 Å². The Balaban J connectivity index is 2.03. The Morgan fingerprint density at radius 3 is 2.95 bits per heavy atom. The molecule has 0 aliphatic carbocycles. The zero-order valence-electron chi connectivity index (χ0n) is 11.8. The first-order valence-electron chi connectivity index (χ1n) is 6.92. The quantitative estimate of drug-likeness (QED) is 0.684. The number of amides is 1. The molecular weight excluding hydrogens is 294 g/mol. The number of nitrogens with one attached hydrogen (secondary N) is 1. The van der Waals surface area contributed by atoms with Crippen LogP contribution in [0.2, 0.25) is 5.02 Å². The first-order valence-corrected chi connectivity index (χ1v) is 7.30. The second-order valence-electron chi connectivity index (χ2n) is 5.24. The summed E-state index contributed by atoms with van der Waals surface area (Å²) >= 11 is 5.94. The lowest BCUT2D eigenvalue weighted by molar-refractivity contribution is -0.384. The van der Waals surface area contributed by atoms with E-state index >= 15 is 0 Å². The van der Waals surface area contributed by atoms with Crippen LogP contribution in [0.5, 0.6) is 0 Å². The Hall–Kier alpha value is -1.66. The van der Waals surface area contributed by atoms with Crippen molar-refractivity contribution < 1.29 is 9.72 Å². The van der Waals surface area contributed by atoms with Crippen molar-refractivity contribution in [1.29, 1.82) is 0 Å². The predicted molar refractivity (Wildman–Crippen MR) is 80.7 cm³/mol. The molecule has 21 heavy (non-hydrogen) atoms. The maximum atomic E-state index is 12.2. The van der Waals surface area contributed by atoms with Gasteiger partial charge in [0, 0.05) is 18.7 Å². The summed E-state index contributed by atoms with van der Waals surface area (Å²) in [5, 5.41) is 13.5. The lowest BCUT2D eigenvalue weighted by Crippen LogP contribution is -2.44. The summed E-state index contributed by atoms with van der Waals surface area (Å²) in [4.78, 5) is 24.6. The largest absolute Gasteiger partial charge is 0.350 e. The van der Waals surface area contributed by atoms with Crippen LogP contribution in [0, 0.1) is 10.1 Å². The van der Waals surface area contributed by atoms with Gasteiger partial charge in [-0.25, -0.2) is 0 Å². The molecular formula is C14H18ClN3O3. The van der Waals surface area contributed by atoms with Crippen LogP contribution in [0.3, 0.4) is 0 Å². The summed E-state index contributed by atoms with van der Waals surface area (Å²) in [6.45, 7) is 1.55. The van der Waals surface area contributed by atoms with Crippen LogP contribution in [0.15, 0.2) is 18.2 Å². The molecule has 1 saturated heterocycles. The third kappa shape index (κ3) is 3.71. The van der Waals surface area contributed by atoms with Gasteiger partial charge in [-0.2, -0.15) is 0 Å². The fraction of sp³-hybridized carbons (Fsp3) is 0.500. The highest BCUT2D eigenvalue weighted by Gasteiger charge is 2.22. The third-order valence-corrected chi connectivity index (χ3v) is 4.24. The van der Waals surface area contributed by atoms with E-state index in [1.54, 1.807) is 0 Å². The molecule has 0 saturated carbocycles. The molecule has 1 fully saturated rings. The number of rotatable bonds is 4. The molecule has 1 atom stereocenters. The maximum absolute atomic E-state index is 12.2. The number of hydrogen-bond acceptors (Lipinski definition) is 4. The summed E-state index contributed by atoms with van der Waals surface area (Å²) in [7, 11) is 2.04. The number of benzene rings is 1. The monoisotopic (exact) mass is 311 g/mol. The molecule has 1 aromatic carbocycles. The number of nitro benzene ring substituents is 1. The molecule has 7 heteroatoms.